The molecule has 2 unspecified atom stereocenters. The molecule has 0 aliphatic carbocycles. The summed E-state index contributed by atoms with van der Waals surface area (Å²) in [6.07, 6.45) is 11.8. The molecule has 0 spiro atoms. The van der Waals surface area contributed by atoms with Crippen molar-refractivity contribution in [2.75, 3.05) is 25.5 Å². The van der Waals surface area contributed by atoms with E-state index < -0.39 is 15.2 Å². The fourth-order valence-electron chi connectivity index (χ4n) is 2.35. The Morgan fingerprint density at radius 1 is 0.552 bits per heavy atom. The van der Waals surface area contributed by atoms with Crippen LogP contribution < -0.4 is 9.79 Å². The topological polar surface area (TPSA) is 98.7 Å². The molecule has 0 rings (SSSR count). The molecule has 0 aromatic heterocycles. The fraction of sp³-hybridized carbons (Fsp3) is 1.00. The van der Waals surface area contributed by atoms with Gasteiger partial charge in [0.05, 0.1) is 13.2 Å². The van der Waals surface area contributed by atoms with Crippen molar-refractivity contribution < 1.29 is 44.5 Å². The van der Waals surface area contributed by atoms with Gasteiger partial charge in [-0.2, -0.15) is 0 Å². The van der Waals surface area contributed by atoms with E-state index in [1.165, 1.54) is 0 Å². The molecule has 0 fully saturated rings. The van der Waals surface area contributed by atoms with Gasteiger partial charge < -0.3 is 28.0 Å². The van der Waals surface area contributed by atoms with Crippen LogP contribution in [0.1, 0.15) is 105 Å². The zero-order valence-electron chi connectivity index (χ0n) is 19.0. The molecule has 180 valence electrons. The van der Waals surface area contributed by atoms with Crippen molar-refractivity contribution in [3.8, 4) is 0 Å². The third-order valence-electron chi connectivity index (χ3n) is 4.14. The van der Waals surface area contributed by atoms with Crippen molar-refractivity contribution in [2.45, 2.75) is 105 Å². The Kier molecular flexibility index (Phi) is 27.8. The van der Waals surface area contributed by atoms with E-state index in [0.717, 1.165) is 77.0 Å². The Morgan fingerprint density at radius 3 is 1.10 bits per heavy atom. The molecule has 29 heavy (non-hydrogen) atoms. The molecule has 0 bridgehead atoms. The van der Waals surface area contributed by atoms with Gasteiger partial charge in [0.1, 0.15) is 15.2 Å². The molecule has 0 heterocycles. The van der Waals surface area contributed by atoms with Crippen molar-refractivity contribution in [3.63, 3.8) is 0 Å². The van der Waals surface area contributed by atoms with Gasteiger partial charge in [0, 0.05) is 12.3 Å². The van der Waals surface area contributed by atoms with Gasteiger partial charge in [0.15, 0.2) is 0 Å². The van der Waals surface area contributed by atoms with Gasteiger partial charge in [-0.15, -0.1) is 0 Å². The van der Waals surface area contributed by atoms with Crippen molar-refractivity contribution in [3.05, 3.63) is 0 Å². The van der Waals surface area contributed by atoms with Gasteiger partial charge in [0.25, 0.3) is 0 Å². The predicted molar refractivity (Wildman–Crippen MR) is 115 cm³/mol. The second-order valence-corrected chi connectivity index (χ2v) is 11.0. The predicted octanol–water partition coefficient (Wildman–Crippen LogP) is 5.87. The summed E-state index contributed by atoms with van der Waals surface area (Å²) >= 11 is 0. The maximum Gasteiger partial charge on any atom is 2.00 e. The minimum absolute atomic E-state index is 0. The second-order valence-electron chi connectivity index (χ2n) is 7.16. The molecule has 0 aliphatic rings. The summed E-state index contributed by atoms with van der Waals surface area (Å²) in [5, 5.41) is 0. The molecule has 6 nitrogen and oxygen atoms in total. The van der Waals surface area contributed by atoms with Gasteiger partial charge >= 0.3 is 16.5 Å². The molecular weight excluding hydrogens is 457 g/mol. The van der Waals surface area contributed by atoms with Gasteiger partial charge in [0.2, 0.25) is 0 Å². The first kappa shape index (κ1) is 34.4. The molecule has 0 saturated carbocycles. The van der Waals surface area contributed by atoms with E-state index in [0.29, 0.717) is 13.2 Å². The monoisotopic (exact) mass is 500 g/mol. The van der Waals surface area contributed by atoms with E-state index in [-0.39, 0.29) is 28.8 Å². The van der Waals surface area contributed by atoms with Gasteiger partial charge in [-0.25, -0.2) is 0 Å². The Balaban J connectivity index is -0.000000451. The standard InChI is InChI=1S/2C10H23O3P.Ni/c2*1-3-5-7-9-13-14(11,12)10-8-6-4-2;/h2*3-10H2,1-2H3,(H,11,12);/q;;+2/p-2. The third-order valence-corrected chi connectivity index (χ3v) is 7.02. The van der Waals surface area contributed by atoms with Crippen LogP contribution in [0.3, 0.4) is 0 Å². The van der Waals surface area contributed by atoms with E-state index in [1.54, 1.807) is 0 Å². The number of unbranched alkanes of at least 4 members (excludes halogenated alkanes) is 8. The average Bonchev–Trinajstić information content (AvgIpc) is 2.63. The minimum Gasteiger partial charge on any atom is -0.778 e. The SMILES string of the molecule is CCCCCOP(=O)([O-])CCCCC.CCCCCOP(=O)([O-])CCCCC.[Ni+2]. The first-order chi connectivity index (χ1) is 13.2. The van der Waals surface area contributed by atoms with Gasteiger partial charge in [-0.05, 0) is 25.7 Å². The Bertz CT molecular complexity index is 386. The largest absolute Gasteiger partial charge is 2.00 e. The Morgan fingerprint density at radius 2 is 0.828 bits per heavy atom. The van der Waals surface area contributed by atoms with Crippen LogP contribution >= 0.6 is 15.2 Å². The molecule has 0 radical (unpaired) electrons. The summed E-state index contributed by atoms with van der Waals surface area (Å²) in [7, 11) is -7.02. The number of rotatable bonds is 18. The molecule has 9 heteroatoms. The second kappa shape index (κ2) is 23.5. The zero-order valence-corrected chi connectivity index (χ0v) is 21.8. The first-order valence-electron chi connectivity index (χ1n) is 11.1. The molecular formula is C20H44NiO6P2. The van der Waals surface area contributed by atoms with Crippen LogP contribution in [0.5, 0.6) is 0 Å². The van der Waals surface area contributed by atoms with Crippen LogP contribution in [0.15, 0.2) is 0 Å². The minimum atomic E-state index is -3.51. The Hall–Kier alpha value is 0.794. The zero-order chi connectivity index (χ0) is 21.7. The van der Waals surface area contributed by atoms with Crippen molar-refractivity contribution >= 4 is 15.2 Å². The summed E-state index contributed by atoms with van der Waals surface area (Å²) in [5.41, 5.74) is 0. The van der Waals surface area contributed by atoms with Crippen LogP contribution in [0, 0.1) is 0 Å². The van der Waals surface area contributed by atoms with E-state index >= 15 is 0 Å². The molecule has 0 aromatic carbocycles. The molecule has 0 aromatic rings. The van der Waals surface area contributed by atoms with Crippen molar-refractivity contribution in [2.24, 2.45) is 0 Å². The van der Waals surface area contributed by atoms with Crippen LogP contribution in [-0.2, 0) is 34.7 Å². The maximum absolute atomic E-state index is 11.3. The molecule has 0 saturated heterocycles. The van der Waals surface area contributed by atoms with Crippen LogP contribution in [-0.4, -0.2) is 25.5 Å². The molecule has 0 aliphatic heterocycles. The van der Waals surface area contributed by atoms with E-state index in [2.05, 4.69) is 27.7 Å². The summed E-state index contributed by atoms with van der Waals surface area (Å²) in [5.74, 6) is 0. The van der Waals surface area contributed by atoms with Gasteiger partial charge in [-0.3, -0.25) is 0 Å². The van der Waals surface area contributed by atoms with Crippen LogP contribution in [0.4, 0.5) is 0 Å². The molecule has 2 atom stereocenters. The van der Waals surface area contributed by atoms with Crippen molar-refractivity contribution in [1.29, 1.82) is 0 Å². The molecule has 0 amide bonds. The van der Waals surface area contributed by atoms with E-state index in [9.17, 15) is 18.9 Å². The van der Waals surface area contributed by atoms with E-state index in [4.69, 9.17) is 9.05 Å². The van der Waals surface area contributed by atoms with E-state index in [1.807, 2.05) is 0 Å². The molecule has 0 N–H and O–H groups in total. The van der Waals surface area contributed by atoms with Crippen LogP contribution in [0.25, 0.3) is 0 Å². The van der Waals surface area contributed by atoms with Crippen molar-refractivity contribution in [1.82, 2.24) is 0 Å². The summed E-state index contributed by atoms with van der Waals surface area (Å²) in [4.78, 5) is 22.5. The third kappa shape index (κ3) is 28.8. The quantitative estimate of drug-likeness (QED) is 0.132. The summed E-state index contributed by atoms with van der Waals surface area (Å²) in [6.45, 7) is 8.99. The number of hydrogen-bond acceptors (Lipinski definition) is 6. The first-order valence-corrected chi connectivity index (χ1v) is 14.6. The summed E-state index contributed by atoms with van der Waals surface area (Å²) < 4.78 is 32.3. The smallest absolute Gasteiger partial charge is 0.778 e. The summed E-state index contributed by atoms with van der Waals surface area (Å²) in [6, 6.07) is 0. The number of hydrogen-bond donors (Lipinski definition) is 0. The average molecular weight is 501 g/mol. The van der Waals surface area contributed by atoms with Crippen LogP contribution in [0.2, 0.25) is 0 Å². The Labute approximate surface area is 189 Å². The fourth-order valence-corrected chi connectivity index (χ4v) is 4.65. The van der Waals surface area contributed by atoms with Gasteiger partial charge in [-0.1, -0.05) is 79.1 Å². The normalized spacial score (nSPS) is 14.8. The maximum atomic E-state index is 11.3.